The van der Waals surface area contributed by atoms with Gasteiger partial charge >= 0.3 is 5.97 Å². The van der Waals surface area contributed by atoms with Crippen LogP contribution < -0.4 is 60.2 Å². The number of carbonyl (C=O) groups excluding carboxylic acids is 8. The van der Waals surface area contributed by atoms with Crippen LogP contribution in [0.3, 0.4) is 0 Å². The summed E-state index contributed by atoms with van der Waals surface area (Å²) in [7, 11) is 0. The second-order valence-corrected chi connectivity index (χ2v) is 17.3. The summed E-state index contributed by atoms with van der Waals surface area (Å²) in [5.74, 6) is -10.1. The summed E-state index contributed by atoms with van der Waals surface area (Å²) in [6.45, 7) is 12.9. The van der Waals surface area contributed by atoms with Gasteiger partial charge < -0.3 is 75.5 Å². The van der Waals surface area contributed by atoms with Gasteiger partial charge in [0.1, 0.15) is 48.0 Å². The number of carbonyl (C=O) groups is 9. The van der Waals surface area contributed by atoms with Gasteiger partial charge in [0.2, 0.25) is 47.3 Å². The maximum atomic E-state index is 13.8. The van der Waals surface area contributed by atoms with Crippen molar-refractivity contribution >= 4 is 59.2 Å². The number of aliphatic hydroxyl groups excluding tert-OH is 1. The zero-order valence-electron chi connectivity index (χ0n) is 39.5. The van der Waals surface area contributed by atoms with Gasteiger partial charge in [-0.1, -0.05) is 60.1 Å². The average molecular weight is 949 g/mol. The van der Waals surface area contributed by atoms with E-state index in [0.717, 1.165) is 6.92 Å². The number of hydrogen-bond acceptors (Lipinski definition) is 13. The van der Waals surface area contributed by atoms with Gasteiger partial charge in [-0.3, -0.25) is 48.1 Å². The van der Waals surface area contributed by atoms with E-state index in [4.69, 9.17) is 22.9 Å². The Morgan fingerprint density at radius 3 is 1.66 bits per heavy atom. The van der Waals surface area contributed by atoms with Crippen LogP contribution >= 0.6 is 0 Å². The molecule has 0 bridgehead atoms. The van der Waals surface area contributed by atoms with E-state index in [0.29, 0.717) is 18.4 Å². The van der Waals surface area contributed by atoms with Crippen LogP contribution in [-0.2, 0) is 49.6 Å². The van der Waals surface area contributed by atoms with Crippen molar-refractivity contribution in [3.05, 3.63) is 29.8 Å². The first-order chi connectivity index (χ1) is 31.2. The Kier molecular flexibility index (Phi) is 24.8. The van der Waals surface area contributed by atoms with E-state index in [2.05, 4.69) is 42.2 Å². The molecule has 0 saturated carbocycles. The number of nitrogens with two attached hydrogens (primary N) is 4. The number of aliphatic carboxylic acids is 1. The molecule has 1 aromatic rings. The fourth-order valence-corrected chi connectivity index (χ4v) is 6.45. The Bertz CT molecular complexity index is 1890. The topological polar surface area (TPSA) is 415 Å². The quantitative estimate of drug-likeness (QED) is 0.0214. The summed E-state index contributed by atoms with van der Waals surface area (Å²) in [6.07, 6.45) is -1.91. The lowest BCUT2D eigenvalue weighted by molar-refractivity contribution is -0.142. The average Bonchev–Trinajstić information content (AvgIpc) is 3.23. The van der Waals surface area contributed by atoms with Crippen molar-refractivity contribution in [2.45, 2.75) is 148 Å². The third kappa shape index (κ3) is 21.1. The molecule has 24 heteroatoms. The predicted octanol–water partition coefficient (Wildman–Crippen LogP) is -3.18. The Labute approximate surface area is 390 Å². The molecular formula is C43H72N12O12. The molecule has 0 aliphatic rings. The number of phenols is 1. The summed E-state index contributed by atoms with van der Waals surface area (Å²) in [6, 6.07) is -5.39. The molecule has 0 saturated heterocycles. The van der Waals surface area contributed by atoms with Gasteiger partial charge in [-0.05, 0) is 68.6 Å². The van der Waals surface area contributed by atoms with Gasteiger partial charge in [0.25, 0.3) is 0 Å². The third-order valence-electron chi connectivity index (χ3n) is 10.5. The predicted molar refractivity (Wildman–Crippen MR) is 246 cm³/mol. The smallest absolute Gasteiger partial charge is 0.305 e. The Balaban J connectivity index is 3.32. The molecule has 67 heavy (non-hydrogen) atoms. The number of aromatic hydroxyl groups is 1. The third-order valence-corrected chi connectivity index (χ3v) is 10.5. The highest BCUT2D eigenvalue weighted by Gasteiger charge is 2.36. The first-order valence-corrected chi connectivity index (χ1v) is 22.1. The second-order valence-electron chi connectivity index (χ2n) is 17.3. The van der Waals surface area contributed by atoms with Crippen LogP contribution in [0.4, 0.5) is 0 Å². The standard InChI is InChI=1S/C43H72N12O12/c1-9-22(6)33(35(45)60)54-36(61)23(7)49-41(66)32(21(4)5)53-39(64)28(17-20(2)3)51-38(63)30(19-31(58)59)52-42(67)34(24(8)56)55-40(65)29(18-25-12-14-26(57)15-13-25)50-37(62)27(44)11-10-16-48-43(46)47/h12-15,20-24,27-30,32-34,56-57H,9-11,16-19,44H2,1-8H3,(H2,45,60)(H,49,66)(H,50,62)(H,51,63)(H,52,67)(H,53,64)(H,54,61)(H,55,65)(H,58,59)(H4,46,47,48). The van der Waals surface area contributed by atoms with Crippen LogP contribution in [0.25, 0.3) is 0 Å². The number of carboxylic acids is 1. The molecular weight excluding hydrogens is 877 g/mol. The van der Waals surface area contributed by atoms with Crippen molar-refractivity contribution < 1.29 is 58.5 Å². The highest BCUT2D eigenvalue weighted by molar-refractivity contribution is 5.98. The fraction of sp³-hybridized carbons (Fsp3) is 0.628. The van der Waals surface area contributed by atoms with Gasteiger partial charge in [0.15, 0.2) is 5.96 Å². The highest BCUT2D eigenvalue weighted by atomic mass is 16.4. The van der Waals surface area contributed by atoms with E-state index < -0.39 is 120 Å². The molecule has 0 radical (unpaired) electrons. The van der Waals surface area contributed by atoms with E-state index >= 15 is 0 Å². The van der Waals surface area contributed by atoms with Crippen LogP contribution in [0.15, 0.2) is 29.3 Å². The van der Waals surface area contributed by atoms with Crippen LogP contribution in [0.2, 0.25) is 0 Å². The number of aliphatic hydroxyl groups is 1. The van der Waals surface area contributed by atoms with E-state index in [1.165, 1.54) is 31.2 Å². The van der Waals surface area contributed by atoms with E-state index in [9.17, 15) is 58.5 Å². The maximum Gasteiger partial charge on any atom is 0.305 e. The van der Waals surface area contributed by atoms with Crippen molar-refractivity contribution in [3.8, 4) is 5.75 Å². The zero-order valence-corrected chi connectivity index (χ0v) is 39.5. The first kappa shape index (κ1) is 58.5. The number of primary amides is 1. The number of guanidine groups is 1. The molecule has 18 N–H and O–H groups in total. The van der Waals surface area contributed by atoms with E-state index in [-0.39, 0.29) is 49.4 Å². The molecule has 0 aromatic heterocycles. The van der Waals surface area contributed by atoms with E-state index in [1.807, 2.05) is 6.92 Å². The largest absolute Gasteiger partial charge is 0.508 e. The van der Waals surface area contributed by atoms with Gasteiger partial charge in [0.05, 0.1) is 18.6 Å². The minimum Gasteiger partial charge on any atom is -0.508 e. The fourth-order valence-electron chi connectivity index (χ4n) is 6.45. The summed E-state index contributed by atoms with van der Waals surface area (Å²) >= 11 is 0. The molecule has 0 spiro atoms. The van der Waals surface area contributed by atoms with Crippen LogP contribution in [0.5, 0.6) is 5.75 Å². The summed E-state index contributed by atoms with van der Waals surface area (Å²) in [4.78, 5) is 122. The van der Waals surface area contributed by atoms with Gasteiger partial charge in [-0.15, -0.1) is 0 Å². The number of rotatable bonds is 29. The van der Waals surface area contributed by atoms with Crippen LogP contribution in [0.1, 0.15) is 93.1 Å². The number of amides is 8. The lowest BCUT2D eigenvalue weighted by Gasteiger charge is -2.29. The SMILES string of the molecule is CCC(C)C(NC(=O)C(C)NC(=O)C(NC(=O)C(CC(C)C)NC(=O)C(CC(=O)O)NC(=O)C(NC(=O)C(Cc1ccc(O)cc1)NC(=O)C(N)CCCN=C(N)N)C(C)O)C(C)C)C(N)=O. The molecule has 0 aliphatic carbocycles. The number of nitrogens with one attached hydrogen (secondary N) is 7. The Morgan fingerprint density at radius 2 is 1.15 bits per heavy atom. The van der Waals surface area contributed by atoms with E-state index in [1.54, 1.807) is 34.6 Å². The number of phenolic OH excluding ortho intramolecular Hbond substituents is 1. The minimum atomic E-state index is -1.88. The number of nitrogens with zero attached hydrogens (tertiary/aromatic N) is 1. The number of benzene rings is 1. The molecule has 0 fully saturated rings. The molecule has 8 amide bonds. The lowest BCUT2D eigenvalue weighted by Crippen LogP contribution is -2.62. The zero-order chi connectivity index (χ0) is 51.3. The normalized spacial score (nSPS) is 15.6. The van der Waals surface area contributed by atoms with Crippen LogP contribution in [0, 0.1) is 17.8 Å². The molecule has 376 valence electrons. The van der Waals surface area contributed by atoms with Gasteiger partial charge in [0, 0.05) is 13.0 Å². The van der Waals surface area contributed by atoms with Crippen molar-refractivity contribution in [3.63, 3.8) is 0 Å². The molecule has 0 heterocycles. The first-order valence-electron chi connectivity index (χ1n) is 22.1. The maximum absolute atomic E-state index is 13.8. The van der Waals surface area contributed by atoms with Crippen molar-refractivity contribution in [2.24, 2.45) is 45.7 Å². The highest BCUT2D eigenvalue weighted by Crippen LogP contribution is 2.14. The molecule has 1 aromatic carbocycles. The second kappa shape index (κ2) is 28.5. The Hall–Kier alpha value is -6.56. The molecule has 10 unspecified atom stereocenters. The minimum absolute atomic E-state index is 0.0267. The molecule has 1 rings (SSSR count). The van der Waals surface area contributed by atoms with Crippen molar-refractivity contribution in [2.75, 3.05) is 6.54 Å². The molecule has 24 nitrogen and oxygen atoms in total. The summed E-state index contributed by atoms with van der Waals surface area (Å²) in [5, 5.41) is 47.4. The molecule has 0 aliphatic heterocycles. The van der Waals surface area contributed by atoms with Crippen LogP contribution in [-0.4, -0.2) is 135 Å². The summed E-state index contributed by atoms with van der Waals surface area (Å²) in [5.41, 5.74) is 22.7. The van der Waals surface area contributed by atoms with Crippen molar-refractivity contribution in [1.29, 1.82) is 0 Å². The number of carboxylic acid groups (broad SMARTS) is 1. The van der Waals surface area contributed by atoms with Gasteiger partial charge in [-0.2, -0.15) is 0 Å². The summed E-state index contributed by atoms with van der Waals surface area (Å²) < 4.78 is 0. The number of aliphatic imine (C=N–C) groups is 1. The molecule has 10 atom stereocenters. The Morgan fingerprint density at radius 1 is 0.642 bits per heavy atom. The van der Waals surface area contributed by atoms with Gasteiger partial charge in [-0.25, -0.2) is 0 Å². The van der Waals surface area contributed by atoms with Crippen molar-refractivity contribution in [1.82, 2.24) is 37.2 Å². The number of hydrogen-bond donors (Lipinski definition) is 14. The monoisotopic (exact) mass is 949 g/mol. The lowest BCUT2D eigenvalue weighted by atomic mass is 9.98.